The lowest BCUT2D eigenvalue weighted by molar-refractivity contribution is -0.139. The van der Waals surface area contributed by atoms with Gasteiger partial charge in [-0.25, -0.2) is 27.6 Å². The van der Waals surface area contributed by atoms with Gasteiger partial charge >= 0.3 is 23.9 Å². The summed E-state index contributed by atoms with van der Waals surface area (Å²) in [5.41, 5.74) is 1.40. The van der Waals surface area contributed by atoms with Gasteiger partial charge < -0.3 is 28.4 Å². The smallest absolute Gasteiger partial charge is 0.336 e. The summed E-state index contributed by atoms with van der Waals surface area (Å²) in [6.45, 7) is 7.12. The van der Waals surface area contributed by atoms with Gasteiger partial charge in [0, 0.05) is 24.3 Å². The highest BCUT2D eigenvalue weighted by molar-refractivity contribution is 7.91. The molecule has 0 amide bonds. The third kappa shape index (κ3) is 12.8. The van der Waals surface area contributed by atoms with E-state index in [9.17, 15) is 27.6 Å². The molecule has 0 bridgehead atoms. The van der Waals surface area contributed by atoms with E-state index in [4.69, 9.17) is 28.4 Å². The Labute approximate surface area is 306 Å². The molecule has 0 fully saturated rings. The predicted octanol–water partition coefficient (Wildman–Crippen LogP) is 5.97. The number of rotatable bonds is 18. The standard InChI is InChI=1S/C40H34O12S/c1-3-37(41)49-27-25-47-31-11-5-29(6-12-31)9-23-39(43)51-33-15-19-35(20-16-33)53(45,46)36-21-17-34(18-22-36)52-40(44)24-10-30-7-13-32(14-8-30)48-26-28-50-38(42)4-2/h3-24H,1-2,25-28H2. The van der Waals surface area contributed by atoms with Gasteiger partial charge in [0.25, 0.3) is 0 Å². The maximum Gasteiger partial charge on any atom is 0.336 e. The van der Waals surface area contributed by atoms with Gasteiger partial charge in [0.05, 0.1) is 9.79 Å². The number of ether oxygens (including phenoxy) is 6. The van der Waals surface area contributed by atoms with E-state index in [0.29, 0.717) is 22.6 Å². The fraction of sp³-hybridized carbons (Fsp3) is 0.100. The zero-order valence-electron chi connectivity index (χ0n) is 28.3. The molecular weight excluding hydrogens is 704 g/mol. The lowest BCUT2D eigenvalue weighted by Gasteiger charge is -2.08. The first kappa shape index (κ1) is 39.1. The van der Waals surface area contributed by atoms with Crippen molar-refractivity contribution in [2.24, 2.45) is 0 Å². The Bertz CT molecular complexity index is 1920. The number of carbonyl (C=O) groups excluding carboxylic acids is 4. The van der Waals surface area contributed by atoms with E-state index in [1.165, 1.54) is 60.7 Å². The van der Waals surface area contributed by atoms with E-state index in [1.807, 2.05) is 0 Å². The minimum atomic E-state index is -3.94. The number of hydrogen-bond acceptors (Lipinski definition) is 12. The molecule has 0 heterocycles. The Morgan fingerprint density at radius 3 is 1.15 bits per heavy atom. The average molecular weight is 739 g/mol. The van der Waals surface area contributed by atoms with Crippen LogP contribution in [0.2, 0.25) is 0 Å². The highest BCUT2D eigenvalue weighted by Crippen LogP contribution is 2.25. The molecule has 0 saturated heterocycles. The molecule has 0 unspecified atom stereocenters. The highest BCUT2D eigenvalue weighted by atomic mass is 32.2. The predicted molar refractivity (Wildman–Crippen MR) is 194 cm³/mol. The van der Waals surface area contributed by atoms with E-state index >= 15 is 0 Å². The van der Waals surface area contributed by atoms with Crippen molar-refractivity contribution in [3.8, 4) is 23.0 Å². The van der Waals surface area contributed by atoms with E-state index in [-0.39, 0.29) is 47.7 Å². The van der Waals surface area contributed by atoms with Crippen LogP contribution in [-0.4, -0.2) is 58.7 Å². The van der Waals surface area contributed by atoms with Crippen molar-refractivity contribution < 1.29 is 56.0 Å². The lowest BCUT2D eigenvalue weighted by Crippen LogP contribution is -2.10. The van der Waals surface area contributed by atoms with Crippen molar-refractivity contribution in [1.29, 1.82) is 0 Å². The molecule has 53 heavy (non-hydrogen) atoms. The Kier molecular flexibility index (Phi) is 14.4. The van der Waals surface area contributed by atoms with Crippen LogP contribution in [0.1, 0.15) is 11.1 Å². The summed E-state index contributed by atoms with van der Waals surface area (Å²) in [7, 11) is -3.94. The molecule has 0 aliphatic rings. The summed E-state index contributed by atoms with van der Waals surface area (Å²) in [6.07, 6.45) is 7.67. The number of benzene rings is 4. The number of carbonyl (C=O) groups is 4. The third-order valence-corrected chi connectivity index (χ3v) is 8.60. The van der Waals surface area contributed by atoms with Crippen LogP contribution in [-0.2, 0) is 38.5 Å². The highest BCUT2D eigenvalue weighted by Gasteiger charge is 2.18. The zero-order valence-corrected chi connectivity index (χ0v) is 29.1. The Morgan fingerprint density at radius 2 is 0.811 bits per heavy atom. The van der Waals surface area contributed by atoms with E-state index < -0.39 is 33.7 Å². The molecule has 12 nitrogen and oxygen atoms in total. The fourth-order valence-electron chi connectivity index (χ4n) is 4.21. The van der Waals surface area contributed by atoms with Crippen molar-refractivity contribution in [1.82, 2.24) is 0 Å². The maximum atomic E-state index is 13.2. The quantitative estimate of drug-likeness (QED) is 0.0510. The molecular formula is C40H34O12S. The van der Waals surface area contributed by atoms with E-state index in [1.54, 1.807) is 60.7 Å². The minimum Gasteiger partial charge on any atom is -0.490 e. The largest absolute Gasteiger partial charge is 0.490 e. The molecule has 4 aromatic rings. The van der Waals surface area contributed by atoms with Crippen LogP contribution in [0.15, 0.2) is 144 Å². The molecule has 0 aliphatic carbocycles. The van der Waals surface area contributed by atoms with E-state index in [0.717, 1.165) is 12.2 Å². The van der Waals surface area contributed by atoms with Crippen LogP contribution >= 0.6 is 0 Å². The van der Waals surface area contributed by atoms with Crippen LogP contribution in [0.25, 0.3) is 12.2 Å². The van der Waals surface area contributed by atoms with Crippen LogP contribution < -0.4 is 18.9 Å². The second-order valence-corrected chi connectivity index (χ2v) is 12.5. The molecule has 13 heteroatoms. The van der Waals surface area contributed by atoms with Crippen molar-refractivity contribution >= 4 is 45.9 Å². The van der Waals surface area contributed by atoms with Gasteiger partial charge in [-0.2, -0.15) is 0 Å². The van der Waals surface area contributed by atoms with Gasteiger partial charge in [-0.1, -0.05) is 37.4 Å². The van der Waals surface area contributed by atoms with Gasteiger partial charge in [-0.15, -0.1) is 0 Å². The van der Waals surface area contributed by atoms with Crippen molar-refractivity contribution in [2.75, 3.05) is 26.4 Å². The molecule has 0 radical (unpaired) electrons. The molecule has 0 aromatic heterocycles. The lowest BCUT2D eigenvalue weighted by atomic mass is 10.2. The number of sulfone groups is 1. The van der Waals surface area contributed by atoms with Gasteiger partial charge in [0.15, 0.2) is 0 Å². The molecule has 0 N–H and O–H groups in total. The van der Waals surface area contributed by atoms with Crippen molar-refractivity contribution in [3.63, 3.8) is 0 Å². The second kappa shape index (κ2) is 19.6. The summed E-state index contributed by atoms with van der Waals surface area (Å²) in [5, 5.41) is 0. The Morgan fingerprint density at radius 1 is 0.472 bits per heavy atom. The number of hydrogen-bond donors (Lipinski definition) is 0. The summed E-state index contributed by atoms with van der Waals surface area (Å²) >= 11 is 0. The SMILES string of the molecule is C=CC(=O)OCCOc1ccc(C=CC(=O)Oc2ccc(S(=O)(=O)c3ccc(OC(=O)C=Cc4ccc(OCCOC(=O)C=C)cc4)cc3)cc2)cc1. The summed E-state index contributed by atoms with van der Waals surface area (Å²) in [5.74, 6) is -1.03. The summed E-state index contributed by atoms with van der Waals surface area (Å²) < 4.78 is 57.6. The first-order chi connectivity index (χ1) is 25.5. The first-order valence-corrected chi connectivity index (χ1v) is 17.3. The molecule has 4 aromatic carbocycles. The molecule has 4 rings (SSSR count). The van der Waals surface area contributed by atoms with Gasteiger partial charge in [0.2, 0.25) is 9.84 Å². The topological polar surface area (TPSA) is 158 Å². The molecule has 0 spiro atoms. The minimum absolute atomic E-state index is 0.0331. The summed E-state index contributed by atoms with van der Waals surface area (Å²) in [4.78, 5) is 46.7. The van der Waals surface area contributed by atoms with Crippen molar-refractivity contribution in [2.45, 2.75) is 9.79 Å². The molecule has 0 saturated carbocycles. The first-order valence-electron chi connectivity index (χ1n) is 15.8. The van der Waals surface area contributed by atoms with Gasteiger partial charge in [-0.3, -0.25) is 0 Å². The third-order valence-electron chi connectivity index (χ3n) is 6.81. The van der Waals surface area contributed by atoms with Gasteiger partial charge in [0.1, 0.15) is 49.4 Å². The summed E-state index contributed by atoms with van der Waals surface area (Å²) in [6, 6.07) is 24.4. The van der Waals surface area contributed by atoms with Crippen LogP contribution in [0.5, 0.6) is 23.0 Å². The average Bonchev–Trinajstić information content (AvgIpc) is 3.17. The monoisotopic (exact) mass is 738 g/mol. The second-order valence-electron chi connectivity index (χ2n) is 10.5. The van der Waals surface area contributed by atoms with Crippen LogP contribution in [0, 0.1) is 0 Å². The van der Waals surface area contributed by atoms with Gasteiger partial charge in [-0.05, 0) is 96.1 Å². The Balaban J connectivity index is 1.23. The Hall–Kier alpha value is -6.73. The van der Waals surface area contributed by atoms with E-state index in [2.05, 4.69) is 13.2 Å². The fourth-order valence-corrected chi connectivity index (χ4v) is 5.47. The van der Waals surface area contributed by atoms with Crippen LogP contribution in [0.3, 0.4) is 0 Å². The molecule has 0 atom stereocenters. The van der Waals surface area contributed by atoms with Crippen molar-refractivity contribution in [3.05, 3.63) is 146 Å². The number of esters is 4. The normalized spacial score (nSPS) is 11.0. The van der Waals surface area contributed by atoms with Crippen LogP contribution in [0.4, 0.5) is 0 Å². The maximum absolute atomic E-state index is 13.2. The molecule has 272 valence electrons. The zero-order chi connectivity index (χ0) is 38.1. The molecule has 0 aliphatic heterocycles.